The Morgan fingerprint density at radius 3 is 2.38 bits per heavy atom. The molecule has 1 aromatic heterocycles. The van der Waals surface area contributed by atoms with Gasteiger partial charge in [0.25, 0.3) is 11.7 Å². The molecule has 8 heteroatoms. The van der Waals surface area contributed by atoms with Gasteiger partial charge in [0.1, 0.15) is 5.60 Å². The van der Waals surface area contributed by atoms with Crippen LogP contribution in [0, 0.1) is 0 Å². The van der Waals surface area contributed by atoms with Gasteiger partial charge in [0.15, 0.2) is 0 Å². The highest BCUT2D eigenvalue weighted by Gasteiger charge is 2.26. The lowest BCUT2D eigenvalue weighted by atomic mass is 9.97. The molecule has 0 radical (unpaired) electrons. The first-order valence-electron chi connectivity index (χ1n) is 9.63. The molecule has 0 saturated heterocycles. The van der Waals surface area contributed by atoms with Gasteiger partial charge in [0.05, 0.1) is 6.04 Å². The molecule has 29 heavy (non-hydrogen) atoms. The molecule has 1 rings (SSSR count). The maximum atomic E-state index is 12.6. The molecular formula is C21H34N4O4. The molecule has 0 aliphatic carbocycles. The van der Waals surface area contributed by atoms with Crippen LogP contribution < -0.4 is 5.32 Å². The molecule has 0 spiro atoms. The van der Waals surface area contributed by atoms with Gasteiger partial charge in [-0.2, -0.15) is 4.98 Å². The number of rotatable bonds is 7. The van der Waals surface area contributed by atoms with Gasteiger partial charge in [0.2, 0.25) is 5.89 Å². The fourth-order valence-electron chi connectivity index (χ4n) is 2.31. The second-order valence-electron chi connectivity index (χ2n) is 9.04. The van der Waals surface area contributed by atoms with Gasteiger partial charge < -0.3 is 19.5 Å². The summed E-state index contributed by atoms with van der Waals surface area (Å²) in [5.41, 5.74) is -0.0220. The highest BCUT2D eigenvalue weighted by Crippen LogP contribution is 2.20. The van der Waals surface area contributed by atoms with Crippen molar-refractivity contribution in [3.63, 3.8) is 0 Å². The maximum Gasteiger partial charge on any atom is 0.410 e. The second-order valence-corrected chi connectivity index (χ2v) is 9.04. The predicted molar refractivity (Wildman–Crippen MR) is 112 cm³/mol. The summed E-state index contributed by atoms with van der Waals surface area (Å²) in [5.74, 6) is -0.0694. The van der Waals surface area contributed by atoms with E-state index in [4.69, 9.17) is 9.26 Å². The van der Waals surface area contributed by atoms with Crippen molar-refractivity contribution < 1.29 is 18.8 Å². The van der Waals surface area contributed by atoms with E-state index >= 15 is 0 Å². The van der Waals surface area contributed by atoms with Crippen molar-refractivity contribution >= 4 is 12.0 Å². The molecule has 1 heterocycles. The number of hydrogen-bond donors (Lipinski definition) is 1. The molecule has 0 aromatic carbocycles. The highest BCUT2D eigenvalue weighted by molar-refractivity contribution is 5.90. The van der Waals surface area contributed by atoms with E-state index < -0.39 is 17.6 Å². The topological polar surface area (TPSA) is 97.6 Å². The third kappa shape index (κ3) is 8.09. The van der Waals surface area contributed by atoms with Crippen molar-refractivity contribution in [3.8, 4) is 0 Å². The lowest BCUT2D eigenvalue weighted by Crippen LogP contribution is -2.41. The Morgan fingerprint density at radius 1 is 1.28 bits per heavy atom. The van der Waals surface area contributed by atoms with E-state index in [0.29, 0.717) is 18.9 Å². The van der Waals surface area contributed by atoms with Gasteiger partial charge in [0, 0.05) is 19.0 Å². The zero-order valence-electron chi connectivity index (χ0n) is 18.8. The van der Waals surface area contributed by atoms with Crippen molar-refractivity contribution in [1.29, 1.82) is 0 Å². The second kappa shape index (κ2) is 9.71. The molecule has 0 bridgehead atoms. The van der Waals surface area contributed by atoms with E-state index in [2.05, 4.69) is 22.0 Å². The van der Waals surface area contributed by atoms with Gasteiger partial charge in [-0.1, -0.05) is 50.2 Å². The number of nitrogens with one attached hydrogen (secondary N) is 1. The fourth-order valence-corrected chi connectivity index (χ4v) is 2.31. The Balaban J connectivity index is 2.84. The van der Waals surface area contributed by atoms with Crippen LogP contribution in [0.1, 0.15) is 71.4 Å². The minimum Gasteiger partial charge on any atom is -0.444 e. The molecule has 1 aromatic rings. The molecule has 1 atom stereocenters. The number of carbonyl (C=O) groups is 2. The zero-order valence-corrected chi connectivity index (χ0v) is 18.8. The van der Waals surface area contributed by atoms with Crippen LogP contribution in [-0.4, -0.2) is 52.3 Å². The van der Waals surface area contributed by atoms with Crippen LogP contribution in [0.3, 0.4) is 0 Å². The van der Waals surface area contributed by atoms with Gasteiger partial charge in [-0.15, -0.1) is 0 Å². The number of nitrogens with zero attached hydrogens (tertiary/aromatic N) is 3. The van der Waals surface area contributed by atoms with Crippen LogP contribution in [-0.2, 0) is 10.2 Å². The Kier molecular flexibility index (Phi) is 8.17. The molecule has 0 aliphatic rings. The third-order valence-corrected chi connectivity index (χ3v) is 3.96. The SMILES string of the molecule is C=C/C=C(\C)[C@@H](CCN(C)C(=O)OC(C)(C)C)NC(=O)c1noc(C(C)(C)C)n1. The first-order valence-corrected chi connectivity index (χ1v) is 9.63. The molecule has 162 valence electrons. The van der Waals surface area contributed by atoms with Crippen LogP contribution in [0.5, 0.6) is 0 Å². The molecule has 0 saturated carbocycles. The van der Waals surface area contributed by atoms with E-state index in [9.17, 15) is 9.59 Å². The summed E-state index contributed by atoms with van der Waals surface area (Å²) in [7, 11) is 1.66. The van der Waals surface area contributed by atoms with Gasteiger partial charge in [-0.3, -0.25) is 4.79 Å². The van der Waals surface area contributed by atoms with Crippen LogP contribution in [0.2, 0.25) is 0 Å². The Labute approximate surface area is 173 Å². The van der Waals surface area contributed by atoms with Crippen molar-refractivity contribution in [2.75, 3.05) is 13.6 Å². The van der Waals surface area contributed by atoms with Crippen molar-refractivity contribution in [1.82, 2.24) is 20.4 Å². The molecule has 1 N–H and O–H groups in total. The molecule has 0 aliphatic heterocycles. The zero-order chi connectivity index (χ0) is 22.4. The standard InChI is InChI=1S/C21H34N4O4/c1-10-11-14(2)15(12-13-25(9)19(27)28-21(6,7)8)22-17(26)16-23-18(29-24-16)20(3,4)5/h10-11,15H,1,12-13H2,2-9H3,(H,22,26)/b14-11+/t15-/m1/s1. The normalized spacial score (nSPS) is 13.6. The number of carbonyl (C=O) groups excluding carboxylic acids is 2. The number of allylic oxidation sites excluding steroid dienone is 2. The van der Waals surface area contributed by atoms with E-state index in [0.717, 1.165) is 5.57 Å². The van der Waals surface area contributed by atoms with E-state index in [1.54, 1.807) is 13.1 Å². The summed E-state index contributed by atoms with van der Waals surface area (Å²) in [4.78, 5) is 30.4. The van der Waals surface area contributed by atoms with Crippen molar-refractivity contribution in [3.05, 3.63) is 36.0 Å². The van der Waals surface area contributed by atoms with Crippen LogP contribution in [0.15, 0.2) is 28.8 Å². The van der Waals surface area contributed by atoms with Crippen molar-refractivity contribution in [2.45, 2.75) is 71.9 Å². The molecule has 8 nitrogen and oxygen atoms in total. The number of aromatic nitrogens is 2. The third-order valence-electron chi connectivity index (χ3n) is 3.96. The number of hydrogen-bond acceptors (Lipinski definition) is 6. The fraction of sp³-hybridized carbons (Fsp3) is 0.619. The van der Waals surface area contributed by atoms with E-state index in [-0.39, 0.29) is 17.3 Å². The van der Waals surface area contributed by atoms with Crippen molar-refractivity contribution in [2.24, 2.45) is 0 Å². The quantitative estimate of drug-likeness (QED) is 0.691. The highest BCUT2D eigenvalue weighted by atomic mass is 16.6. The molecule has 2 amide bonds. The maximum absolute atomic E-state index is 12.6. The average Bonchev–Trinajstić information content (AvgIpc) is 3.07. The van der Waals surface area contributed by atoms with Gasteiger partial charge >= 0.3 is 6.09 Å². The predicted octanol–water partition coefficient (Wildman–Crippen LogP) is 3.85. The molecular weight excluding hydrogens is 372 g/mol. The van der Waals surface area contributed by atoms with Gasteiger partial charge in [-0.05, 0) is 34.1 Å². The summed E-state index contributed by atoms with van der Waals surface area (Å²) in [6, 6.07) is -0.332. The Morgan fingerprint density at radius 2 is 1.90 bits per heavy atom. The molecule has 0 fully saturated rings. The van der Waals surface area contributed by atoms with Crippen LogP contribution in [0.25, 0.3) is 0 Å². The first-order chi connectivity index (χ1) is 13.2. The van der Waals surface area contributed by atoms with Gasteiger partial charge in [-0.25, -0.2) is 4.79 Å². The molecule has 0 unspecified atom stereocenters. The Hall–Kier alpha value is -2.64. The lowest BCUT2D eigenvalue weighted by Gasteiger charge is -2.26. The largest absolute Gasteiger partial charge is 0.444 e. The lowest BCUT2D eigenvalue weighted by molar-refractivity contribution is 0.0295. The Bertz CT molecular complexity index is 753. The van der Waals surface area contributed by atoms with E-state index in [1.807, 2.05) is 54.5 Å². The monoisotopic (exact) mass is 406 g/mol. The van der Waals surface area contributed by atoms with Crippen LogP contribution in [0.4, 0.5) is 4.79 Å². The summed E-state index contributed by atoms with van der Waals surface area (Å²) in [6.45, 7) is 17.2. The van der Waals surface area contributed by atoms with E-state index in [1.165, 1.54) is 4.90 Å². The first kappa shape index (κ1) is 24.4. The van der Waals surface area contributed by atoms with Crippen LogP contribution >= 0.6 is 0 Å². The number of ether oxygens (including phenoxy) is 1. The number of amides is 2. The summed E-state index contributed by atoms with van der Waals surface area (Å²) in [5, 5.41) is 6.69. The summed E-state index contributed by atoms with van der Waals surface area (Å²) >= 11 is 0. The minimum atomic E-state index is -0.568. The summed E-state index contributed by atoms with van der Waals surface area (Å²) in [6.07, 6.45) is 3.54. The smallest absolute Gasteiger partial charge is 0.410 e. The minimum absolute atomic E-state index is 0.0215. The summed E-state index contributed by atoms with van der Waals surface area (Å²) < 4.78 is 10.6. The average molecular weight is 407 g/mol.